The van der Waals surface area contributed by atoms with Crippen molar-refractivity contribution in [2.45, 2.75) is 18.6 Å². The van der Waals surface area contributed by atoms with E-state index < -0.39 is 18.6 Å². The molecule has 1 aromatic rings. The van der Waals surface area contributed by atoms with Crippen LogP contribution in [-0.4, -0.2) is 6.18 Å². The smallest absolute Gasteiger partial charge is 0.390 e. The molecule has 2 N–H and O–H groups in total. The summed E-state index contributed by atoms with van der Waals surface area (Å²) in [4.78, 5) is 0. The lowest BCUT2D eigenvalue weighted by atomic mass is 10.1. The molecule has 0 amide bonds. The zero-order valence-corrected chi connectivity index (χ0v) is 7.36. The molecule has 0 saturated carbocycles. The van der Waals surface area contributed by atoms with Crippen molar-refractivity contribution in [2.24, 2.45) is 5.73 Å². The number of hydrogen-bond acceptors (Lipinski definition) is 2. The lowest BCUT2D eigenvalue weighted by Crippen LogP contribution is -2.19. The SMILES string of the molecule is Cl.N[C@@H](CC(F)(F)F)c1ccoc1. The van der Waals surface area contributed by atoms with E-state index in [-0.39, 0.29) is 12.4 Å². The molecule has 0 saturated heterocycles. The van der Waals surface area contributed by atoms with Gasteiger partial charge in [-0.3, -0.25) is 0 Å². The Bertz CT molecular complexity index is 234. The fourth-order valence-electron chi connectivity index (χ4n) is 0.853. The van der Waals surface area contributed by atoms with Crippen LogP contribution in [-0.2, 0) is 0 Å². The third-order valence-electron chi connectivity index (χ3n) is 1.42. The van der Waals surface area contributed by atoms with Crippen molar-refractivity contribution in [3.8, 4) is 0 Å². The minimum absolute atomic E-state index is 0. The third-order valence-corrected chi connectivity index (χ3v) is 1.42. The Labute approximate surface area is 79.3 Å². The monoisotopic (exact) mass is 215 g/mol. The van der Waals surface area contributed by atoms with Crippen molar-refractivity contribution in [1.29, 1.82) is 0 Å². The molecule has 1 rings (SSSR count). The highest BCUT2D eigenvalue weighted by atomic mass is 35.5. The van der Waals surface area contributed by atoms with Crippen molar-refractivity contribution < 1.29 is 17.6 Å². The molecule has 0 radical (unpaired) electrons. The van der Waals surface area contributed by atoms with Gasteiger partial charge in [-0.1, -0.05) is 0 Å². The summed E-state index contributed by atoms with van der Waals surface area (Å²) in [5.41, 5.74) is 5.61. The molecule has 2 nitrogen and oxygen atoms in total. The second-order valence-corrected chi connectivity index (χ2v) is 2.48. The fourth-order valence-corrected chi connectivity index (χ4v) is 0.853. The predicted molar refractivity (Wildman–Crippen MR) is 43.6 cm³/mol. The summed E-state index contributed by atoms with van der Waals surface area (Å²) in [6.45, 7) is 0. The molecule has 0 bridgehead atoms. The molecule has 0 fully saturated rings. The summed E-state index contributed by atoms with van der Waals surface area (Å²) >= 11 is 0. The van der Waals surface area contributed by atoms with E-state index in [4.69, 9.17) is 5.73 Å². The van der Waals surface area contributed by atoms with Gasteiger partial charge in [-0.25, -0.2) is 0 Å². The van der Waals surface area contributed by atoms with E-state index in [9.17, 15) is 13.2 Å². The van der Waals surface area contributed by atoms with E-state index in [1.54, 1.807) is 0 Å². The topological polar surface area (TPSA) is 39.2 Å². The van der Waals surface area contributed by atoms with Crippen LogP contribution >= 0.6 is 12.4 Å². The highest BCUT2D eigenvalue weighted by molar-refractivity contribution is 5.85. The maximum atomic E-state index is 11.8. The van der Waals surface area contributed by atoms with Gasteiger partial charge in [-0.05, 0) is 6.07 Å². The average molecular weight is 216 g/mol. The summed E-state index contributed by atoms with van der Waals surface area (Å²) in [7, 11) is 0. The Morgan fingerprint density at radius 2 is 2.08 bits per heavy atom. The van der Waals surface area contributed by atoms with E-state index in [1.807, 2.05) is 0 Å². The first-order valence-electron chi connectivity index (χ1n) is 3.33. The van der Waals surface area contributed by atoms with Crippen LogP contribution < -0.4 is 5.73 Å². The van der Waals surface area contributed by atoms with Crippen LogP contribution in [0.3, 0.4) is 0 Å². The molecule has 1 aromatic heterocycles. The number of rotatable bonds is 2. The Hall–Kier alpha value is -0.680. The van der Waals surface area contributed by atoms with Crippen molar-refractivity contribution >= 4 is 12.4 Å². The molecular formula is C7H9ClF3NO. The van der Waals surface area contributed by atoms with Crippen LogP contribution in [0, 0.1) is 0 Å². The molecule has 76 valence electrons. The highest BCUT2D eigenvalue weighted by Gasteiger charge is 2.31. The maximum Gasteiger partial charge on any atom is 0.390 e. The Morgan fingerprint density at radius 3 is 2.46 bits per heavy atom. The van der Waals surface area contributed by atoms with E-state index in [1.165, 1.54) is 18.6 Å². The molecule has 0 aromatic carbocycles. The van der Waals surface area contributed by atoms with Crippen LogP contribution in [0.15, 0.2) is 23.0 Å². The number of halogens is 4. The van der Waals surface area contributed by atoms with Gasteiger partial charge in [0.15, 0.2) is 0 Å². The third kappa shape index (κ3) is 4.19. The molecule has 1 atom stereocenters. The second kappa shape index (κ2) is 4.53. The minimum atomic E-state index is -4.23. The van der Waals surface area contributed by atoms with Gasteiger partial charge in [0.1, 0.15) is 0 Å². The fraction of sp³-hybridized carbons (Fsp3) is 0.429. The standard InChI is InChI=1S/C7H8F3NO.ClH/c8-7(9,10)3-6(11)5-1-2-12-4-5;/h1-2,4,6H,3,11H2;1H/t6-;/m0./s1. The molecule has 0 unspecified atom stereocenters. The molecule has 6 heteroatoms. The molecular weight excluding hydrogens is 207 g/mol. The lowest BCUT2D eigenvalue weighted by Gasteiger charge is -2.11. The molecule has 0 aliphatic carbocycles. The van der Waals surface area contributed by atoms with Gasteiger partial charge in [0, 0.05) is 11.6 Å². The maximum absolute atomic E-state index is 11.8. The Kier molecular flexibility index (Phi) is 4.29. The van der Waals surface area contributed by atoms with Crippen LogP contribution in [0.4, 0.5) is 13.2 Å². The molecule has 1 heterocycles. The zero-order valence-electron chi connectivity index (χ0n) is 6.54. The quantitative estimate of drug-likeness (QED) is 0.824. The summed E-state index contributed by atoms with van der Waals surface area (Å²) in [6.07, 6.45) is -2.73. The summed E-state index contributed by atoms with van der Waals surface area (Å²) in [5, 5.41) is 0. The van der Waals surface area contributed by atoms with Gasteiger partial charge < -0.3 is 10.2 Å². The van der Waals surface area contributed by atoms with E-state index in [2.05, 4.69) is 4.42 Å². The van der Waals surface area contributed by atoms with Gasteiger partial charge in [0.2, 0.25) is 0 Å². The first-order chi connectivity index (χ1) is 5.49. The average Bonchev–Trinajstić information content (AvgIpc) is 2.32. The Balaban J connectivity index is 0.00000144. The van der Waals surface area contributed by atoms with Crippen molar-refractivity contribution in [3.05, 3.63) is 24.2 Å². The normalized spacial score (nSPS) is 13.5. The predicted octanol–water partition coefficient (Wildman–Crippen LogP) is 2.65. The minimum Gasteiger partial charge on any atom is -0.472 e. The van der Waals surface area contributed by atoms with Gasteiger partial charge in [-0.2, -0.15) is 13.2 Å². The van der Waals surface area contributed by atoms with Gasteiger partial charge in [0.25, 0.3) is 0 Å². The van der Waals surface area contributed by atoms with Crippen LogP contribution in [0.1, 0.15) is 18.0 Å². The van der Waals surface area contributed by atoms with Gasteiger partial charge in [-0.15, -0.1) is 12.4 Å². The number of nitrogens with two attached hydrogens (primary N) is 1. The van der Waals surface area contributed by atoms with E-state index in [0.29, 0.717) is 5.56 Å². The highest BCUT2D eigenvalue weighted by Crippen LogP contribution is 2.27. The van der Waals surface area contributed by atoms with Crippen LogP contribution in [0.5, 0.6) is 0 Å². The van der Waals surface area contributed by atoms with E-state index in [0.717, 1.165) is 0 Å². The molecule has 0 aliphatic heterocycles. The van der Waals surface area contributed by atoms with Gasteiger partial charge in [0.05, 0.1) is 18.9 Å². The first-order valence-corrected chi connectivity index (χ1v) is 3.33. The summed E-state index contributed by atoms with van der Waals surface area (Å²) in [5.74, 6) is 0. The zero-order chi connectivity index (χ0) is 9.19. The Morgan fingerprint density at radius 1 is 1.46 bits per heavy atom. The largest absolute Gasteiger partial charge is 0.472 e. The van der Waals surface area contributed by atoms with Crippen LogP contribution in [0.25, 0.3) is 0 Å². The lowest BCUT2D eigenvalue weighted by molar-refractivity contribution is -0.138. The van der Waals surface area contributed by atoms with Crippen LogP contribution in [0.2, 0.25) is 0 Å². The number of alkyl halides is 3. The summed E-state index contributed by atoms with van der Waals surface area (Å²) in [6, 6.07) is 0.403. The molecule has 13 heavy (non-hydrogen) atoms. The van der Waals surface area contributed by atoms with Crippen molar-refractivity contribution in [2.75, 3.05) is 0 Å². The van der Waals surface area contributed by atoms with E-state index >= 15 is 0 Å². The van der Waals surface area contributed by atoms with Crippen molar-refractivity contribution in [1.82, 2.24) is 0 Å². The second-order valence-electron chi connectivity index (χ2n) is 2.48. The summed E-state index contributed by atoms with van der Waals surface area (Å²) < 4.78 is 40.0. The molecule has 0 spiro atoms. The van der Waals surface area contributed by atoms with Gasteiger partial charge >= 0.3 is 6.18 Å². The number of furan rings is 1. The number of hydrogen-bond donors (Lipinski definition) is 1. The van der Waals surface area contributed by atoms with Crippen molar-refractivity contribution in [3.63, 3.8) is 0 Å². The molecule has 0 aliphatic rings. The first kappa shape index (κ1) is 12.3.